The van der Waals surface area contributed by atoms with E-state index in [1.807, 2.05) is 4.90 Å². The van der Waals surface area contributed by atoms with Crippen molar-refractivity contribution in [2.45, 2.75) is 31.7 Å². The van der Waals surface area contributed by atoms with Gasteiger partial charge in [0.15, 0.2) is 6.61 Å². The van der Waals surface area contributed by atoms with E-state index in [2.05, 4.69) is 0 Å². The third-order valence-corrected chi connectivity index (χ3v) is 3.64. The number of anilines is 1. The Morgan fingerprint density at radius 2 is 2.05 bits per heavy atom. The van der Waals surface area contributed by atoms with E-state index in [-0.39, 0.29) is 19.1 Å². The Kier molecular flexibility index (Phi) is 5.24. The van der Waals surface area contributed by atoms with E-state index < -0.39 is 0 Å². The van der Waals surface area contributed by atoms with E-state index in [0.29, 0.717) is 30.4 Å². The number of carbonyl (C=O) groups excluding carboxylic acids is 1. The number of nitrogens with two attached hydrogens (primary N) is 1. The van der Waals surface area contributed by atoms with Crippen LogP contribution in [0.2, 0.25) is 0 Å². The summed E-state index contributed by atoms with van der Waals surface area (Å²) in [6.07, 6.45) is 3.90. The van der Waals surface area contributed by atoms with Gasteiger partial charge in [0.25, 0.3) is 5.91 Å². The molecular formula is C15H22N2O3. The summed E-state index contributed by atoms with van der Waals surface area (Å²) < 4.78 is 5.49. The molecule has 0 bridgehead atoms. The quantitative estimate of drug-likeness (QED) is 0.739. The van der Waals surface area contributed by atoms with Gasteiger partial charge in [-0.2, -0.15) is 0 Å². The molecule has 3 N–H and O–H groups in total. The van der Waals surface area contributed by atoms with Crippen LogP contribution in [0.4, 0.5) is 5.69 Å². The molecule has 1 aliphatic carbocycles. The molecule has 20 heavy (non-hydrogen) atoms. The first-order valence-electron chi connectivity index (χ1n) is 7.09. The van der Waals surface area contributed by atoms with Crippen LogP contribution in [0.15, 0.2) is 24.3 Å². The van der Waals surface area contributed by atoms with E-state index in [1.54, 1.807) is 24.3 Å². The fourth-order valence-electron chi connectivity index (χ4n) is 2.24. The zero-order valence-corrected chi connectivity index (χ0v) is 11.6. The van der Waals surface area contributed by atoms with Crippen molar-refractivity contribution < 1.29 is 14.6 Å². The van der Waals surface area contributed by atoms with Crippen molar-refractivity contribution in [2.75, 3.05) is 25.5 Å². The van der Waals surface area contributed by atoms with E-state index in [9.17, 15) is 4.79 Å². The highest BCUT2D eigenvalue weighted by atomic mass is 16.5. The molecule has 1 aromatic rings. The van der Waals surface area contributed by atoms with Crippen molar-refractivity contribution in [1.82, 2.24) is 4.90 Å². The minimum absolute atomic E-state index is 0.0139. The Morgan fingerprint density at radius 3 is 2.60 bits per heavy atom. The van der Waals surface area contributed by atoms with Crippen molar-refractivity contribution in [3.63, 3.8) is 0 Å². The molecule has 5 nitrogen and oxygen atoms in total. The van der Waals surface area contributed by atoms with Crippen LogP contribution in [0.3, 0.4) is 0 Å². The van der Waals surface area contributed by atoms with Gasteiger partial charge < -0.3 is 20.5 Å². The number of carbonyl (C=O) groups is 1. The molecule has 1 saturated carbocycles. The molecule has 0 spiro atoms. The zero-order chi connectivity index (χ0) is 14.4. The smallest absolute Gasteiger partial charge is 0.260 e. The van der Waals surface area contributed by atoms with Crippen LogP contribution in [0.1, 0.15) is 25.7 Å². The van der Waals surface area contributed by atoms with Crippen LogP contribution < -0.4 is 10.5 Å². The molecule has 1 aromatic carbocycles. The summed E-state index contributed by atoms with van der Waals surface area (Å²) in [5, 5.41) is 8.92. The van der Waals surface area contributed by atoms with Gasteiger partial charge in [0.2, 0.25) is 0 Å². The summed E-state index contributed by atoms with van der Waals surface area (Å²) in [7, 11) is 0. The first kappa shape index (κ1) is 14.7. The Morgan fingerprint density at radius 1 is 1.35 bits per heavy atom. The second kappa shape index (κ2) is 7.14. The van der Waals surface area contributed by atoms with Gasteiger partial charge in [-0.3, -0.25) is 4.79 Å². The average molecular weight is 278 g/mol. The second-order valence-electron chi connectivity index (χ2n) is 5.11. The number of nitrogen functional groups attached to an aromatic ring is 1. The van der Waals surface area contributed by atoms with Crippen LogP contribution in [0.25, 0.3) is 0 Å². The van der Waals surface area contributed by atoms with Crippen molar-refractivity contribution >= 4 is 11.6 Å². The molecule has 0 aliphatic heterocycles. The monoisotopic (exact) mass is 278 g/mol. The fourth-order valence-corrected chi connectivity index (χ4v) is 2.24. The van der Waals surface area contributed by atoms with Crippen LogP contribution in [-0.4, -0.2) is 41.7 Å². The maximum absolute atomic E-state index is 12.2. The number of aliphatic hydroxyl groups excluding tert-OH is 1. The van der Waals surface area contributed by atoms with Crippen molar-refractivity contribution in [3.8, 4) is 5.75 Å². The molecule has 0 heterocycles. The van der Waals surface area contributed by atoms with Crippen LogP contribution in [0.5, 0.6) is 5.75 Å². The largest absolute Gasteiger partial charge is 0.484 e. The van der Waals surface area contributed by atoms with Crippen molar-refractivity contribution in [1.29, 1.82) is 0 Å². The SMILES string of the molecule is Nc1ccc(OCC(=O)N(CCCO)C2CCC2)cc1. The zero-order valence-electron chi connectivity index (χ0n) is 11.6. The molecule has 0 atom stereocenters. The van der Waals surface area contributed by atoms with Gasteiger partial charge in [0, 0.05) is 24.9 Å². The molecule has 2 rings (SSSR count). The lowest BCUT2D eigenvalue weighted by atomic mass is 9.91. The van der Waals surface area contributed by atoms with Gasteiger partial charge >= 0.3 is 0 Å². The molecule has 0 aromatic heterocycles. The number of hydrogen-bond acceptors (Lipinski definition) is 4. The van der Waals surface area contributed by atoms with Crippen LogP contribution in [0, 0.1) is 0 Å². The third-order valence-electron chi connectivity index (χ3n) is 3.64. The van der Waals surface area contributed by atoms with Gasteiger partial charge in [0.05, 0.1) is 0 Å². The summed E-state index contributed by atoms with van der Waals surface area (Å²) in [5.74, 6) is 0.628. The molecule has 1 aliphatic rings. The maximum atomic E-state index is 12.2. The minimum atomic E-state index is -0.0139. The normalized spacial score (nSPS) is 14.7. The van der Waals surface area contributed by atoms with Crippen molar-refractivity contribution in [3.05, 3.63) is 24.3 Å². The standard InChI is InChI=1S/C15H22N2O3/c16-12-5-7-14(8-6-12)20-11-15(19)17(9-2-10-18)13-3-1-4-13/h5-8,13,18H,1-4,9-11,16H2. The van der Waals surface area contributed by atoms with E-state index in [0.717, 1.165) is 12.8 Å². The number of nitrogens with zero attached hydrogens (tertiary/aromatic N) is 1. The van der Waals surface area contributed by atoms with Gasteiger partial charge in [-0.1, -0.05) is 0 Å². The van der Waals surface area contributed by atoms with Gasteiger partial charge in [-0.05, 0) is 49.9 Å². The average Bonchev–Trinajstić information content (AvgIpc) is 2.40. The number of hydrogen-bond donors (Lipinski definition) is 2. The summed E-state index contributed by atoms with van der Waals surface area (Å²) >= 11 is 0. The van der Waals surface area contributed by atoms with E-state index in [1.165, 1.54) is 6.42 Å². The Bertz CT molecular complexity index is 429. The number of ether oxygens (including phenoxy) is 1. The Labute approximate surface area is 119 Å². The van der Waals surface area contributed by atoms with Crippen LogP contribution >= 0.6 is 0 Å². The molecule has 0 unspecified atom stereocenters. The highest BCUT2D eigenvalue weighted by Gasteiger charge is 2.28. The Hall–Kier alpha value is -1.75. The molecule has 0 radical (unpaired) electrons. The van der Waals surface area contributed by atoms with Crippen molar-refractivity contribution in [2.24, 2.45) is 0 Å². The third kappa shape index (κ3) is 3.87. The lowest BCUT2D eigenvalue weighted by Crippen LogP contribution is -2.46. The summed E-state index contributed by atoms with van der Waals surface area (Å²) in [6.45, 7) is 0.742. The topological polar surface area (TPSA) is 75.8 Å². The fraction of sp³-hybridized carbons (Fsp3) is 0.533. The predicted molar refractivity (Wildman–Crippen MR) is 77.4 cm³/mol. The highest BCUT2D eigenvalue weighted by molar-refractivity contribution is 5.78. The maximum Gasteiger partial charge on any atom is 0.260 e. The van der Waals surface area contributed by atoms with E-state index in [4.69, 9.17) is 15.6 Å². The first-order chi connectivity index (χ1) is 9.70. The van der Waals surface area contributed by atoms with Crippen LogP contribution in [-0.2, 0) is 4.79 Å². The molecule has 5 heteroatoms. The summed E-state index contributed by atoms with van der Waals surface area (Å²) in [6, 6.07) is 7.32. The molecule has 110 valence electrons. The van der Waals surface area contributed by atoms with Gasteiger partial charge in [0.1, 0.15) is 5.75 Å². The minimum Gasteiger partial charge on any atom is -0.484 e. The second-order valence-corrected chi connectivity index (χ2v) is 5.11. The molecule has 1 fully saturated rings. The lowest BCUT2D eigenvalue weighted by molar-refractivity contribution is -0.137. The molecule has 0 saturated heterocycles. The number of rotatable bonds is 7. The van der Waals surface area contributed by atoms with Gasteiger partial charge in [-0.15, -0.1) is 0 Å². The van der Waals surface area contributed by atoms with E-state index >= 15 is 0 Å². The molecular weight excluding hydrogens is 256 g/mol. The first-order valence-corrected chi connectivity index (χ1v) is 7.09. The molecule has 1 amide bonds. The lowest BCUT2D eigenvalue weighted by Gasteiger charge is -2.37. The number of aliphatic hydroxyl groups is 1. The summed E-state index contributed by atoms with van der Waals surface area (Å²) in [4.78, 5) is 14.1. The Balaban J connectivity index is 1.85. The number of amides is 1. The number of benzene rings is 1. The van der Waals surface area contributed by atoms with Gasteiger partial charge in [-0.25, -0.2) is 0 Å². The summed E-state index contributed by atoms with van der Waals surface area (Å²) in [5.41, 5.74) is 6.27. The highest BCUT2D eigenvalue weighted by Crippen LogP contribution is 2.25. The predicted octanol–water partition coefficient (Wildman–Crippen LogP) is 1.41.